The number of hydrogen-bond acceptors (Lipinski definition) is 3. The third-order valence-electron chi connectivity index (χ3n) is 5.10. The molecule has 0 aliphatic carbocycles. The molecule has 4 nitrogen and oxygen atoms in total. The predicted octanol–water partition coefficient (Wildman–Crippen LogP) is 3.89. The molecule has 1 saturated heterocycles. The van der Waals surface area contributed by atoms with Crippen LogP contribution in [-0.4, -0.2) is 37.0 Å². The number of anilines is 1. The van der Waals surface area contributed by atoms with E-state index in [9.17, 15) is 0 Å². The average molecular weight is 346 g/mol. The number of rotatable bonds is 5. The Labute approximate surface area is 155 Å². The van der Waals surface area contributed by atoms with Crippen LogP contribution < -0.4 is 10.2 Å². The van der Waals surface area contributed by atoms with Crippen LogP contribution in [0.25, 0.3) is 22.4 Å². The van der Waals surface area contributed by atoms with Crippen molar-refractivity contribution < 1.29 is 0 Å². The molecule has 1 aliphatic rings. The van der Waals surface area contributed by atoms with Gasteiger partial charge in [-0.1, -0.05) is 30.3 Å². The van der Waals surface area contributed by atoms with Crippen molar-refractivity contribution in [3.8, 4) is 22.4 Å². The minimum absolute atomic E-state index is 0.697. The molecular weight excluding hydrogens is 320 g/mol. The summed E-state index contributed by atoms with van der Waals surface area (Å²) in [5, 5.41) is 8.23. The molecular formula is C22H26N4. The maximum atomic E-state index is 4.81. The molecule has 134 valence electrons. The first-order valence-corrected chi connectivity index (χ1v) is 9.31. The van der Waals surface area contributed by atoms with E-state index < -0.39 is 0 Å². The van der Waals surface area contributed by atoms with Gasteiger partial charge in [-0.05, 0) is 60.8 Å². The van der Waals surface area contributed by atoms with Crippen molar-refractivity contribution in [3.05, 3.63) is 60.8 Å². The summed E-state index contributed by atoms with van der Waals surface area (Å²) in [7, 11) is 4.14. The first-order valence-electron chi connectivity index (χ1n) is 9.31. The van der Waals surface area contributed by atoms with Gasteiger partial charge >= 0.3 is 0 Å². The quantitative estimate of drug-likeness (QED) is 0.761. The fourth-order valence-corrected chi connectivity index (χ4v) is 3.57. The van der Waals surface area contributed by atoms with E-state index in [1.54, 1.807) is 0 Å². The Bertz CT molecular complexity index is 875. The highest BCUT2D eigenvalue weighted by Gasteiger charge is 2.15. The van der Waals surface area contributed by atoms with Crippen LogP contribution in [-0.2, 0) is 6.54 Å². The molecule has 0 bridgehead atoms. The highest BCUT2D eigenvalue weighted by Crippen LogP contribution is 2.28. The third kappa shape index (κ3) is 3.65. The van der Waals surface area contributed by atoms with Gasteiger partial charge in [-0.3, -0.25) is 4.68 Å². The summed E-state index contributed by atoms with van der Waals surface area (Å²) in [6.45, 7) is 3.23. The summed E-state index contributed by atoms with van der Waals surface area (Å²) in [6.07, 6.45) is 3.35. The zero-order chi connectivity index (χ0) is 17.9. The number of aromatic nitrogens is 2. The second-order valence-corrected chi connectivity index (χ2v) is 7.31. The number of benzene rings is 2. The van der Waals surface area contributed by atoms with Crippen LogP contribution in [0.3, 0.4) is 0 Å². The van der Waals surface area contributed by atoms with Gasteiger partial charge in [0.15, 0.2) is 0 Å². The molecule has 2 aromatic carbocycles. The van der Waals surface area contributed by atoms with Gasteiger partial charge in [0, 0.05) is 38.1 Å². The largest absolute Gasteiger partial charge is 0.378 e. The summed E-state index contributed by atoms with van der Waals surface area (Å²) >= 11 is 0. The van der Waals surface area contributed by atoms with Crippen LogP contribution in [0.4, 0.5) is 5.69 Å². The highest BCUT2D eigenvalue weighted by molar-refractivity contribution is 5.73. The molecule has 1 aliphatic heterocycles. The van der Waals surface area contributed by atoms with Crippen molar-refractivity contribution in [2.24, 2.45) is 5.92 Å². The van der Waals surface area contributed by atoms with Crippen molar-refractivity contribution in [2.45, 2.75) is 13.0 Å². The van der Waals surface area contributed by atoms with Crippen LogP contribution in [0.2, 0.25) is 0 Å². The zero-order valence-electron chi connectivity index (χ0n) is 15.5. The van der Waals surface area contributed by atoms with E-state index in [1.807, 2.05) is 0 Å². The molecule has 0 saturated carbocycles. The fraction of sp³-hybridized carbons (Fsp3) is 0.318. The van der Waals surface area contributed by atoms with Crippen molar-refractivity contribution in [1.29, 1.82) is 0 Å². The molecule has 4 heteroatoms. The second-order valence-electron chi connectivity index (χ2n) is 7.31. The Morgan fingerprint density at radius 1 is 1.04 bits per heavy atom. The minimum atomic E-state index is 0.697. The van der Waals surface area contributed by atoms with Crippen molar-refractivity contribution >= 4 is 5.69 Å². The standard InChI is InChI=1S/C22H26N4/c1-25(2)21-8-4-6-19(14-21)18-5-3-7-20(13-18)22-10-12-26(24-22)16-17-9-11-23-15-17/h3-8,10,12-14,17,23H,9,11,15-16H2,1-2H3. The van der Waals surface area contributed by atoms with E-state index in [1.165, 1.54) is 28.8 Å². The monoisotopic (exact) mass is 346 g/mol. The molecule has 2 heterocycles. The topological polar surface area (TPSA) is 33.1 Å². The zero-order valence-corrected chi connectivity index (χ0v) is 15.5. The second kappa shape index (κ2) is 7.34. The van der Waals surface area contributed by atoms with Crippen molar-refractivity contribution in [2.75, 3.05) is 32.1 Å². The number of hydrogen-bond donors (Lipinski definition) is 1. The van der Waals surface area contributed by atoms with E-state index >= 15 is 0 Å². The lowest BCUT2D eigenvalue weighted by Gasteiger charge is -2.14. The van der Waals surface area contributed by atoms with Gasteiger partial charge in [0.1, 0.15) is 0 Å². The lowest BCUT2D eigenvalue weighted by atomic mass is 10.0. The lowest BCUT2D eigenvalue weighted by molar-refractivity contribution is 0.450. The molecule has 26 heavy (non-hydrogen) atoms. The van der Waals surface area contributed by atoms with Gasteiger partial charge in [0.05, 0.1) is 5.69 Å². The van der Waals surface area contributed by atoms with E-state index in [0.29, 0.717) is 5.92 Å². The molecule has 0 radical (unpaired) electrons. The van der Waals surface area contributed by atoms with Crippen LogP contribution in [0, 0.1) is 5.92 Å². The molecule has 1 unspecified atom stereocenters. The highest BCUT2D eigenvalue weighted by atomic mass is 15.3. The Morgan fingerprint density at radius 3 is 2.58 bits per heavy atom. The Kier molecular flexibility index (Phi) is 4.76. The summed E-state index contributed by atoms with van der Waals surface area (Å²) in [5.74, 6) is 0.697. The number of nitrogens with one attached hydrogen (secondary N) is 1. The summed E-state index contributed by atoms with van der Waals surface area (Å²) in [5.41, 5.74) is 5.88. The first-order chi connectivity index (χ1) is 12.7. The van der Waals surface area contributed by atoms with Crippen LogP contribution in [0.15, 0.2) is 60.8 Å². The maximum absolute atomic E-state index is 4.81. The predicted molar refractivity (Wildman–Crippen MR) is 108 cm³/mol. The molecule has 3 aromatic rings. The molecule has 0 amide bonds. The van der Waals surface area contributed by atoms with Gasteiger partial charge in [0.25, 0.3) is 0 Å². The van der Waals surface area contributed by atoms with Gasteiger partial charge in [-0.15, -0.1) is 0 Å². The summed E-state index contributed by atoms with van der Waals surface area (Å²) < 4.78 is 2.09. The van der Waals surface area contributed by atoms with Gasteiger partial charge in [-0.2, -0.15) is 5.10 Å². The first kappa shape index (κ1) is 16.9. The smallest absolute Gasteiger partial charge is 0.0923 e. The van der Waals surface area contributed by atoms with Gasteiger partial charge < -0.3 is 10.2 Å². The van der Waals surface area contributed by atoms with Crippen LogP contribution in [0.5, 0.6) is 0 Å². The third-order valence-corrected chi connectivity index (χ3v) is 5.10. The van der Waals surface area contributed by atoms with E-state index in [2.05, 4.69) is 89.8 Å². The molecule has 0 spiro atoms. The average Bonchev–Trinajstić information content (AvgIpc) is 3.34. The van der Waals surface area contributed by atoms with Crippen molar-refractivity contribution in [1.82, 2.24) is 15.1 Å². The molecule has 1 fully saturated rings. The molecule has 1 aromatic heterocycles. The Balaban J connectivity index is 1.58. The molecule has 4 rings (SSSR count). The van der Waals surface area contributed by atoms with Crippen molar-refractivity contribution in [3.63, 3.8) is 0 Å². The van der Waals surface area contributed by atoms with E-state index in [-0.39, 0.29) is 0 Å². The van der Waals surface area contributed by atoms with Crippen LogP contribution >= 0.6 is 0 Å². The summed E-state index contributed by atoms with van der Waals surface area (Å²) in [6, 6.07) is 19.4. The maximum Gasteiger partial charge on any atom is 0.0923 e. The van der Waals surface area contributed by atoms with Gasteiger partial charge in [-0.25, -0.2) is 0 Å². The minimum Gasteiger partial charge on any atom is -0.378 e. The summed E-state index contributed by atoms with van der Waals surface area (Å²) in [4.78, 5) is 2.13. The molecule has 1 atom stereocenters. The lowest BCUT2D eigenvalue weighted by Crippen LogP contribution is -2.14. The molecule has 1 N–H and O–H groups in total. The van der Waals surface area contributed by atoms with Crippen LogP contribution in [0.1, 0.15) is 6.42 Å². The fourth-order valence-electron chi connectivity index (χ4n) is 3.57. The van der Waals surface area contributed by atoms with E-state index in [0.717, 1.165) is 25.3 Å². The van der Waals surface area contributed by atoms with Gasteiger partial charge in [0.2, 0.25) is 0 Å². The number of nitrogens with zero attached hydrogens (tertiary/aromatic N) is 3. The SMILES string of the molecule is CN(C)c1cccc(-c2cccc(-c3ccn(CC4CCNC4)n3)c2)c1. The Morgan fingerprint density at radius 2 is 1.81 bits per heavy atom. The normalized spacial score (nSPS) is 16.8. The van der Waals surface area contributed by atoms with E-state index in [4.69, 9.17) is 5.10 Å². The Hall–Kier alpha value is -2.59.